The number of carbonyl (C=O) groups is 3. The molecule has 0 amide bonds. The molecule has 0 heterocycles. The summed E-state index contributed by atoms with van der Waals surface area (Å²) in [4.78, 5) is 38.3. The van der Waals surface area contributed by atoms with Crippen LogP contribution >= 0.6 is 0 Å². The van der Waals surface area contributed by atoms with Crippen LogP contribution in [0.15, 0.2) is 134 Å². The van der Waals surface area contributed by atoms with Crippen LogP contribution in [0, 0.1) is 0 Å². The Bertz CT molecular complexity index is 1750. The molecule has 0 rings (SSSR count). The molecule has 6 heteroatoms. The Morgan fingerprint density at radius 2 is 0.518 bits per heavy atom. The number of unbranched alkanes of at least 4 members (excludes halogenated alkanes) is 30. The molecule has 1 atom stereocenters. The molecule has 0 aromatic heterocycles. The van der Waals surface area contributed by atoms with Crippen molar-refractivity contribution in [2.24, 2.45) is 0 Å². The summed E-state index contributed by atoms with van der Waals surface area (Å²) in [7, 11) is 0. The lowest BCUT2D eigenvalue weighted by atomic mass is 10.0. The fourth-order valence-corrected chi connectivity index (χ4v) is 9.54. The van der Waals surface area contributed by atoms with E-state index in [4.69, 9.17) is 14.2 Å². The number of ether oxygens (including phenoxy) is 3. The molecule has 0 aromatic rings. The van der Waals surface area contributed by atoms with E-state index in [1.807, 2.05) is 6.08 Å². The molecule has 472 valence electrons. The molecule has 0 aliphatic carbocycles. The Balaban J connectivity index is 4.27. The van der Waals surface area contributed by atoms with Crippen molar-refractivity contribution in [2.45, 2.75) is 322 Å². The van der Waals surface area contributed by atoms with Crippen molar-refractivity contribution in [1.82, 2.24) is 0 Å². The predicted octanol–water partition coefficient (Wildman–Crippen LogP) is 24.1. The van der Waals surface area contributed by atoms with Crippen molar-refractivity contribution >= 4 is 17.9 Å². The van der Waals surface area contributed by atoms with E-state index in [0.717, 1.165) is 116 Å². The molecule has 83 heavy (non-hydrogen) atoms. The molecule has 0 saturated heterocycles. The van der Waals surface area contributed by atoms with E-state index in [-0.39, 0.29) is 31.6 Å². The van der Waals surface area contributed by atoms with Crippen molar-refractivity contribution in [3.63, 3.8) is 0 Å². The Morgan fingerprint density at radius 3 is 0.843 bits per heavy atom. The number of hydrogen-bond acceptors (Lipinski definition) is 6. The fourth-order valence-electron chi connectivity index (χ4n) is 9.54. The van der Waals surface area contributed by atoms with E-state index in [9.17, 15) is 14.4 Å². The highest BCUT2D eigenvalue weighted by atomic mass is 16.6. The maximum atomic E-state index is 12.9. The van der Waals surface area contributed by atoms with Crippen LogP contribution in [-0.2, 0) is 28.6 Å². The molecule has 1 unspecified atom stereocenters. The number of hydrogen-bond donors (Lipinski definition) is 0. The summed E-state index contributed by atoms with van der Waals surface area (Å²) in [6.45, 7) is 6.33. The number of carbonyl (C=O) groups excluding carboxylic acids is 3. The summed E-state index contributed by atoms with van der Waals surface area (Å²) in [5.41, 5.74) is 0. The minimum absolute atomic E-state index is 0.113. The number of esters is 3. The molecule has 6 nitrogen and oxygen atoms in total. The van der Waals surface area contributed by atoms with Gasteiger partial charge in [0.25, 0.3) is 0 Å². The second-order valence-corrected chi connectivity index (χ2v) is 22.7. The van der Waals surface area contributed by atoms with Gasteiger partial charge in [0.2, 0.25) is 0 Å². The van der Waals surface area contributed by atoms with Gasteiger partial charge in [0.05, 0.1) is 6.42 Å². The fraction of sp³-hybridized carbons (Fsp3) is 0.675. The van der Waals surface area contributed by atoms with Gasteiger partial charge in [-0.15, -0.1) is 0 Å². The third-order valence-electron chi connectivity index (χ3n) is 14.7. The third kappa shape index (κ3) is 68.2. The average Bonchev–Trinajstić information content (AvgIpc) is 3.49. The van der Waals surface area contributed by atoms with Gasteiger partial charge in [-0.2, -0.15) is 0 Å². The van der Waals surface area contributed by atoms with Gasteiger partial charge in [-0.3, -0.25) is 14.4 Å². The SMILES string of the molecule is CC/C=C\C/C=C\C/C=C\C/C=C\C/C=C\CC(=O)OCC(COC(=O)CCCCCCCCCCCCCCCCCCCC/C=C\C/C=C\C/C=C\CCCCCCC)OC(=O)CCCCCCCCC/C=C\C/C=C\C/C=C\CC. The molecular weight excluding hydrogens is 1020 g/mol. The highest BCUT2D eigenvalue weighted by molar-refractivity contribution is 5.72. The highest BCUT2D eigenvalue weighted by Crippen LogP contribution is 2.17. The van der Waals surface area contributed by atoms with E-state index in [1.165, 1.54) is 161 Å². The topological polar surface area (TPSA) is 78.9 Å². The van der Waals surface area contributed by atoms with E-state index in [1.54, 1.807) is 6.08 Å². The summed E-state index contributed by atoms with van der Waals surface area (Å²) in [6.07, 6.45) is 99.4. The Hall–Kier alpha value is -4.45. The summed E-state index contributed by atoms with van der Waals surface area (Å²) in [5, 5.41) is 0. The second kappa shape index (κ2) is 70.0. The van der Waals surface area contributed by atoms with E-state index < -0.39 is 12.1 Å². The van der Waals surface area contributed by atoms with Gasteiger partial charge in [-0.1, -0.05) is 315 Å². The molecule has 0 aliphatic heterocycles. The second-order valence-electron chi connectivity index (χ2n) is 22.7. The summed E-state index contributed by atoms with van der Waals surface area (Å²) in [6, 6.07) is 0. The standard InChI is InChI=1S/C77H128O6/c1-4-7-10-13-16-19-22-25-28-30-31-32-33-34-35-36-37-38-39-40-41-42-43-44-45-47-49-52-55-58-61-64-67-70-76(79)82-73-74(72-81-75(78)69-66-63-60-57-54-51-48-27-24-21-18-15-12-9-6-3)83-77(80)71-68-65-62-59-56-53-50-46-29-26-23-20-17-14-11-8-5-2/h8-9,11-12,17-18,20-22,25-27,29-31,33-34,48,54,57,63,66,74H,4-7,10,13-16,19,23-24,28,32,35-47,49-53,55-56,58-62,64-65,67-73H2,1-3H3/b11-8-,12-9-,20-17-,21-18-,25-22-,29-26-,31-30-,34-33-,48-27-,57-54-,66-63-. The first-order chi connectivity index (χ1) is 41.0. The molecule has 0 radical (unpaired) electrons. The first kappa shape index (κ1) is 78.5. The summed E-state index contributed by atoms with van der Waals surface area (Å²) < 4.78 is 16.8. The first-order valence-corrected chi connectivity index (χ1v) is 34.7. The molecule has 0 saturated carbocycles. The number of rotatable bonds is 62. The van der Waals surface area contributed by atoms with E-state index >= 15 is 0 Å². The first-order valence-electron chi connectivity index (χ1n) is 34.7. The van der Waals surface area contributed by atoms with Crippen LogP contribution in [-0.4, -0.2) is 37.2 Å². The Kier molecular flexibility index (Phi) is 66.3. The van der Waals surface area contributed by atoms with Gasteiger partial charge < -0.3 is 14.2 Å². The zero-order valence-electron chi connectivity index (χ0n) is 54.2. The minimum Gasteiger partial charge on any atom is -0.462 e. The Labute approximate surface area is 513 Å². The molecular formula is C77H128O6. The molecule has 0 fully saturated rings. The zero-order chi connectivity index (χ0) is 59.9. The van der Waals surface area contributed by atoms with Crippen molar-refractivity contribution in [2.75, 3.05) is 13.2 Å². The normalized spacial score (nSPS) is 13.0. The average molecular weight is 1150 g/mol. The molecule has 0 aromatic carbocycles. The number of allylic oxidation sites excluding steroid dienone is 21. The largest absolute Gasteiger partial charge is 0.462 e. The van der Waals surface area contributed by atoms with E-state index in [0.29, 0.717) is 12.8 Å². The predicted molar refractivity (Wildman–Crippen MR) is 362 cm³/mol. The van der Waals surface area contributed by atoms with Gasteiger partial charge in [0, 0.05) is 12.8 Å². The molecule has 0 bridgehead atoms. The highest BCUT2D eigenvalue weighted by Gasteiger charge is 2.19. The Morgan fingerprint density at radius 1 is 0.265 bits per heavy atom. The summed E-state index contributed by atoms with van der Waals surface area (Å²) in [5.74, 6) is -1.05. The quantitative estimate of drug-likeness (QED) is 0.0261. The lowest BCUT2D eigenvalue weighted by molar-refractivity contribution is -0.166. The van der Waals surface area contributed by atoms with Crippen molar-refractivity contribution in [3.05, 3.63) is 134 Å². The van der Waals surface area contributed by atoms with Crippen LogP contribution in [0.5, 0.6) is 0 Å². The molecule has 0 aliphatic rings. The molecule has 0 N–H and O–H groups in total. The lowest BCUT2D eigenvalue weighted by Crippen LogP contribution is -2.30. The third-order valence-corrected chi connectivity index (χ3v) is 14.7. The van der Waals surface area contributed by atoms with Gasteiger partial charge in [0.15, 0.2) is 6.10 Å². The van der Waals surface area contributed by atoms with Crippen molar-refractivity contribution < 1.29 is 28.6 Å². The van der Waals surface area contributed by atoms with Crippen molar-refractivity contribution in [1.29, 1.82) is 0 Å². The van der Waals surface area contributed by atoms with Crippen LogP contribution < -0.4 is 0 Å². The van der Waals surface area contributed by atoms with Crippen LogP contribution in [0.2, 0.25) is 0 Å². The van der Waals surface area contributed by atoms with Gasteiger partial charge in [-0.25, -0.2) is 0 Å². The van der Waals surface area contributed by atoms with Gasteiger partial charge >= 0.3 is 17.9 Å². The van der Waals surface area contributed by atoms with Crippen LogP contribution in [0.1, 0.15) is 316 Å². The zero-order valence-corrected chi connectivity index (χ0v) is 54.2. The smallest absolute Gasteiger partial charge is 0.309 e. The minimum atomic E-state index is -0.828. The van der Waals surface area contributed by atoms with Crippen LogP contribution in [0.4, 0.5) is 0 Å². The van der Waals surface area contributed by atoms with Crippen LogP contribution in [0.25, 0.3) is 0 Å². The van der Waals surface area contributed by atoms with Gasteiger partial charge in [0.1, 0.15) is 13.2 Å². The maximum Gasteiger partial charge on any atom is 0.309 e. The van der Waals surface area contributed by atoms with Crippen LogP contribution in [0.3, 0.4) is 0 Å². The monoisotopic (exact) mass is 1150 g/mol. The maximum absolute atomic E-state index is 12.9. The van der Waals surface area contributed by atoms with Crippen molar-refractivity contribution in [3.8, 4) is 0 Å². The lowest BCUT2D eigenvalue weighted by Gasteiger charge is -2.18. The van der Waals surface area contributed by atoms with Gasteiger partial charge in [-0.05, 0) is 116 Å². The van der Waals surface area contributed by atoms with E-state index in [2.05, 4.69) is 142 Å². The molecule has 0 spiro atoms. The summed E-state index contributed by atoms with van der Waals surface area (Å²) >= 11 is 0.